The Morgan fingerprint density at radius 1 is 0.571 bits per heavy atom. The van der Waals surface area contributed by atoms with Gasteiger partial charge in [-0.3, -0.25) is 0 Å². The molecule has 0 aliphatic rings. The third-order valence-corrected chi connectivity index (χ3v) is 0. The van der Waals surface area contributed by atoms with E-state index < -0.39 is 13.6 Å². The van der Waals surface area contributed by atoms with Crippen LogP contribution in [0.2, 0.25) is 31.9 Å². The fourth-order valence-corrected chi connectivity index (χ4v) is 0. The summed E-state index contributed by atoms with van der Waals surface area (Å²) in [5.41, 5.74) is 0. The van der Waals surface area contributed by atoms with E-state index in [4.69, 9.17) is 0 Å². The van der Waals surface area contributed by atoms with Crippen molar-refractivity contribution in [1.29, 1.82) is 0 Å². The van der Waals surface area contributed by atoms with Gasteiger partial charge in [-0.05, 0) is 0 Å². The van der Waals surface area contributed by atoms with Crippen LogP contribution in [-0.2, 0) is 13.6 Å². The number of hydrogen-bond donors (Lipinski definition) is 0. The molecule has 0 N–H and O–H groups in total. The molecule has 0 aromatic rings. The Kier molecular flexibility index (Phi) is 0.966. The van der Waals surface area contributed by atoms with Crippen molar-refractivity contribution < 1.29 is 13.6 Å². The van der Waals surface area contributed by atoms with Crippen LogP contribution in [0, 0.1) is 0 Å². The molecule has 0 saturated heterocycles. The molecule has 0 aliphatic carbocycles. The van der Waals surface area contributed by atoms with Gasteiger partial charge in [0, 0.05) is 0 Å². The van der Waals surface area contributed by atoms with E-state index in [9.17, 15) is 0 Å². The van der Waals surface area contributed by atoms with E-state index in [0.717, 1.165) is 0 Å². The predicted octanol–water partition coefficient (Wildman–Crippen LogP) is 3.50. The van der Waals surface area contributed by atoms with Crippen molar-refractivity contribution in [2.75, 3.05) is 0 Å². The van der Waals surface area contributed by atoms with Gasteiger partial charge in [-0.25, -0.2) is 0 Å². The van der Waals surface area contributed by atoms with Crippen LogP contribution in [0.5, 0.6) is 0 Å². The minimum atomic E-state index is -2.31. The summed E-state index contributed by atoms with van der Waals surface area (Å²) in [6.45, 7) is 0. The molecule has 7 heavy (non-hydrogen) atoms. The minimum absolute atomic E-state index is 2.31. The van der Waals surface area contributed by atoms with E-state index in [1.807, 2.05) is 0 Å². The molecular weight excluding hydrogens is 256 g/mol. The zero-order chi connectivity index (χ0) is 6.41. The third kappa shape index (κ3) is 310. The fourth-order valence-electron chi connectivity index (χ4n) is 0. The average molecular weight is 274 g/mol. The van der Waals surface area contributed by atoms with Crippen LogP contribution < -0.4 is 0 Å². The molecule has 0 aromatic heterocycles. The van der Waals surface area contributed by atoms with Crippen LogP contribution in [0.1, 0.15) is 0 Å². The van der Waals surface area contributed by atoms with Crippen molar-refractivity contribution in [3.05, 3.63) is 0 Å². The Morgan fingerprint density at radius 3 is 0.571 bits per heavy atom. The molecule has 0 unspecified atom stereocenters. The van der Waals surface area contributed by atoms with Gasteiger partial charge in [-0.2, -0.15) is 0 Å². The Morgan fingerprint density at radius 2 is 0.571 bits per heavy atom. The van der Waals surface area contributed by atoms with Crippen molar-refractivity contribution in [3.63, 3.8) is 0 Å². The van der Waals surface area contributed by atoms with Crippen molar-refractivity contribution in [2.24, 2.45) is 0 Å². The number of rotatable bonds is 0. The third-order valence-electron chi connectivity index (χ3n) is 0. The molecule has 0 aromatic carbocycles. The van der Waals surface area contributed by atoms with E-state index in [2.05, 4.69) is 31.9 Å². The van der Waals surface area contributed by atoms with Crippen LogP contribution in [0.3, 0.4) is 0 Å². The summed E-state index contributed by atoms with van der Waals surface area (Å²) >= 11 is -2.31. The molecule has 1 heteroatoms. The van der Waals surface area contributed by atoms with Crippen molar-refractivity contribution >= 4 is 0 Å². The zero-order valence-electron chi connectivity index (χ0n) is 6.41. The summed E-state index contributed by atoms with van der Waals surface area (Å²) in [5, 5.41) is 14.6. The van der Waals surface area contributed by atoms with Crippen molar-refractivity contribution in [2.45, 2.75) is 31.9 Å². The Labute approximate surface area is 45.8 Å². The summed E-state index contributed by atoms with van der Waals surface area (Å²) in [7, 11) is 0. The van der Waals surface area contributed by atoms with Gasteiger partial charge < -0.3 is 0 Å². The second-order valence-corrected chi connectivity index (χ2v) is 50.1. The predicted molar refractivity (Wildman–Crippen MR) is 35.2 cm³/mol. The molecule has 0 atom stereocenters. The van der Waals surface area contributed by atoms with Crippen molar-refractivity contribution in [3.8, 4) is 0 Å². The molecule has 0 aliphatic heterocycles. The quantitative estimate of drug-likeness (QED) is 0.634. The van der Waals surface area contributed by atoms with Gasteiger partial charge in [-0.15, -0.1) is 0 Å². The van der Waals surface area contributed by atoms with Crippen LogP contribution in [0.4, 0.5) is 0 Å². The second-order valence-electron chi connectivity index (χ2n) is 6.12. The van der Waals surface area contributed by atoms with E-state index in [1.54, 1.807) is 0 Å². The van der Waals surface area contributed by atoms with Crippen LogP contribution in [-0.4, -0.2) is 0 Å². The molecule has 0 fully saturated rings. The maximum absolute atomic E-state index is 2.43. The summed E-state index contributed by atoms with van der Waals surface area (Å²) in [5.74, 6) is 0. The van der Waals surface area contributed by atoms with Crippen LogP contribution in [0.15, 0.2) is 0 Å². The van der Waals surface area contributed by atoms with Gasteiger partial charge >= 0.3 is 45.4 Å². The van der Waals surface area contributed by atoms with E-state index in [0.29, 0.717) is 0 Å². The molecule has 0 rings (SSSR count). The molecule has 0 nitrogen and oxygen atoms in total. The molecule has 0 heterocycles. The Bertz CT molecular complexity index is 62.7. The monoisotopic (exact) mass is 274 g/mol. The van der Waals surface area contributed by atoms with Gasteiger partial charge in [0.05, 0.1) is 0 Å². The Hall–Kier alpha value is 0.688. The first-order valence-electron chi connectivity index (χ1n) is 2.45. The van der Waals surface area contributed by atoms with E-state index in [-0.39, 0.29) is 0 Å². The molecule has 0 saturated carbocycles. The van der Waals surface area contributed by atoms with E-state index in [1.165, 1.54) is 0 Å². The molecule has 0 radical (unpaired) electrons. The molecule has 0 bridgehead atoms. The molecular formula is C6H18W. The van der Waals surface area contributed by atoms with E-state index >= 15 is 0 Å². The van der Waals surface area contributed by atoms with Gasteiger partial charge in [0.1, 0.15) is 0 Å². The fraction of sp³-hybridized carbons (Fsp3) is 1.00. The van der Waals surface area contributed by atoms with Gasteiger partial charge in [-0.1, -0.05) is 0 Å². The first-order chi connectivity index (χ1) is 2.45. The first-order valence-corrected chi connectivity index (χ1v) is 20.0. The molecule has 48 valence electrons. The standard InChI is InChI=1S/6CH3.W/h6*1H3;. The second kappa shape index (κ2) is 0.879. The average Bonchev–Trinajstić information content (AvgIpc) is 0.592. The molecule has 0 amide bonds. The van der Waals surface area contributed by atoms with Crippen molar-refractivity contribution in [1.82, 2.24) is 0 Å². The SMILES string of the molecule is [CH3][W]([CH3])([CH3])([CH3])([CH3])[CH3]. The van der Waals surface area contributed by atoms with Crippen LogP contribution in [0.25, 0.3) is 0 Å². The topological polar surface area (TPSA) is 0 Å². The normalized spacial score (nSPS) is 23.1. The van der Waals surface area contributed by atoms with Gasteiger partial charge in [0.2, 0.25) is 0 Å². The maximum atomic E-state index is 2.43. The van der Waals surface area contributed by atoms with Gasteiger partial charge in [0.15, 0.2) is 0 Å². The Balaban J connectivity index is 4.43. The first kappa shape index (κ1) is 7.69. The summed E-state index contributed by atoms with van der Waals surface area (Å²) in [6, 6.07) is 0. The summed E-state index contributed by atoms with van der Waals surface area (Å²) in [4.78, 5) is 0. The zero-order valence-corrected chi connectivity index (χ0v) is 9.34. The van der Waals surface area contributed by atoms with Gasteiger partial charge in [0.25, 0.3) is 0 Å². The summed E-state index contributed by atoms with van der Waals surface area (Å²) < 4.78 is 0. The summed E-state index contributed by atoms with van der Waals surface area (Å²) in [6.07, 6.45) is 0. The molecule has 0 spiro atoms. The van der Waals surface area contributed by atoms with Crippen LogP contribution >= 0.6 is 0 Å². The number of hydrogen-bond acceptors (Lipinski definition) is 0.